The molecule has 0 unspecified atom stereocenters. The second-order valence-electron chi connectivity index (χ2n) is 5.60. The van der Waals surface area contributed by atoms with Crippen molar-refractivity contribution in [3.8, 4) is 0 Å². The third kappa shape index (κ3) is 4.40. The van der Waals surface area contributed by atoms with Gasteiger partial charge in [0.15, 0.2) is 0 Å². The Balaban J connectivity index is 2.12. The molecule has 0 aliphatic rings. The predicted molar refractivity (Wildman–Crippen MR) is 93.6 cm³/mol. The third-order valence-electron chi connectivity index (χ3n) is 3.20. The number of sulfonamides is 1. The van der Waals surface area contributed by atoms with Crippen molar-refractivity contribution in [3.63, 3.8) is 0 Å². The van der Waals surface area contributed by atoms with Crippen molar-refractivity contribution in [2.24, 2.45) is 0 Å². The standard InChI is InChI=1S/C16H20N2O3S2/c1-10(2)18-23(20,21)14-7-5-13(6-8-14)17-16(19)15-9-11(3)12(4)22-15/h5-10,18H,1-4H3,(H,17,19). The number of benzene rings is 1. The summed E-state index contributed by atoms with van der Waals surface area (Å²) in [5.41, 5.74) is 1.64. The van der Waals surface area contributed by atoms with Crippen molar-refractivity contribution in [2.45, 2.75) is 38.6 Å². The lowest BCUT2D eigenvalue weighted by Crippen LogP contribution is -2.30. The van der Waals surface area contributed by atoms with Crippen LogP contribution in [-0.2, 0) is 10.0 Å². The predicted octanol–water partition coefficient (Wildman–Crippen LogP) is 3.30. The van der Waals surface area contributed by atoms with Crippen LogP contribution in [0.4, 0.5) is 5.69 Å². The lowest BCUT2D eigenvalue weighted by atomic mass is 10.2. The number of carbonyl (C=O) groups excluding carboxylic acids is 1. The fourth-order valence-corrected chi connectivity index (χ4v) is 4.15. The zero-order valence-corrected chi connectivity index (χ0v) is 15.1. The van der Waals surface area contributed by atoms with Crippen molar-refractivity contribution in [2.75, 3.05) is 5.32 Å². The maximum atomic E-state index is 12.2. The first kappa shape index (κ1) is 17.7. The molecule has 23 heavy (non-hydrogen) atoms. The van der Waals surface area contributed by atoms with Gasteiger partial charge in [0.25, 0.3) is 5.91 Å². The molecular weight excluding hydrogens is 332 g/mol. The average molecular weight is 352 g/mol. The van der Waals surface area contributed by atoms with E-state index >= 15 is 0 Å². The van der Waals surface area contributed by atoms with Crippen LogP contribution >= 0.6 is 11.3 Å². The van der Waals surface area contributed by atoms with Gasteiger partial charge in [-0.05, 0) is 63.6 Å². The molecule has 1 heterocycles. The van der Waals surface area contributed by atoms with Gasteiger partial charge in [-0.25, -0.2) is 13.1 Å². The van der Waals surface area contributed by atoms with Gasteiger partial charge >= 0.3 is 0 Å². The molecule has 124 valence electrons. The normalized spacial score (nSPS) is 11.7. The van der Waals surface area contributed by atoms with Crippen LogP contribution in [0.1, 0.15) is 34.0 Å². The molecule has 0 atom stereocenters. The van der Waals surface area contributed by atoms with Crippen molar-refractivity contribution >= 4 is 33.0 Å². The first-order valence-corrected chi connectivity index (χ1v) is 9.50. The van der Waals surface area contributed by atoms with E-state index in [-0.39, 0.29) is 16.8 Å². The Kier molecular flexibility index (Phi) is 5.23. The Hall–Kier alpha value is -1.70. The molecule has 0 aliphatic heterocycles. The summed E-state index contributed by atoms with van der Waals surface area (Å²) in [6.45, 7) is 7.45. The van der Waals surface area contributed by atoms with Crippen LogP contribution in [0.5, 0.6) is 0 Å². The minimum absolute atomic E-state index is 0.173. The molecule has 0 saturated carbocycles. The summed E-state index contributed by atoms with van der Waals surface area (Å²) in [7, 11) is -3.52. The summed E-state index contributed by atoms with van der Waals surface area (Å²) in [5.74, 6) is -0.192. The van der Waals surface area contributed by atoms with E-state index in [1.807, 2.05) is 19.9 Å². The number of rotatable bonds is 5. The van der Waals surface area contributed by atoms with Gasteiger partial charge in [-0.2, -0.15) is 0 Å². The van der Waals surface area contributed by atoms with E-state index in [0.717, 1.165) is 10.4 Å². The Morgan fingerprint density at radius 2 is 1.74 bits per heavy atom. The lowest BCUT2D eigenvalue weighted by molar-refractivity contribution is 0.103. The molecule has 0 spiro atoms. The number of anilines is 1. The molecule has 1 aromatic carbocycles. The number of aryl methyl sites for hydroxylation is 2. The molecule has 1 amide bonds. The molecule has 2 rings (SSSR count). The second-order valence-corrected chi connectivity index (χ2v) is 8.57. The summed E-state index contributed by atoms with van der Waals surface area (Å²) in [4.78, 5) is 14.1. The summed E-state index contributed by atoms with van der Waals surface area (Å²) in [5, 5.41) is 2.77. The quantitative estimate of drug-likeness (QED) is 0.867. The van der Waals surface area contributed by atoms with Crippen molar-refractivity contribution in [1.29, 1.82) is 0 Å². The van der Waals surface area contributed by atoms with E-state index in [9.17, 15) is 13.2 Å². The van der Waals surface area contributed by atoms with Gasteiger partial charge < -0.3 is 5.32 Å². The maximum absolute atomic E-state index is 12.2. The number of thiophene rings is 1. The van der Waals surface area contributed by atoms with Gasteiger partial charge in [0.05, 0.1) is 9.77 Å². The Bertz CT molecular complexity index is 787. The number of amides is 1. The highest BCUT2D eigenvalue weighted by Gasteiger charge is 2.16. The van der Waals surface area contributed by atoms with E-state index in [4.69, 9.17) is 0 Å². The van der Waals surface area contributed by atoms with E-state index in [2.05, 4.69) is 10.0 Å². The van der Waals surface area contributed by atoms with Gasteiger partial charge in [-0.15, -0.1) is 11.3 Å². The highest BCUT2D eigenvalue weighted by Crippen LogP contribution is 2.22. The first-order valence-electron chi connectivity index (χ1n) is 7.20. The average Bonchev–Trinajstić information content (AvgIpc) is 2.78. The molecule has 0 aliphatic carbocycles. The molecule has 0 bridgehead atoms. The van der Waals surface area contributed by atoms with Gasteiger partial charge in [0, 0.05) is 16.6 Å². The van der Waals surface area contributed by atoms with E-state index < -0.39 is 10.0 Å². The van der Waals surface area contributed by atoms with Crippen LogP contribution in [0, 0.1) is 13.8 Å². The van der Waals surface area contributed by atoms with Crippen LogP contribution < -0.4 is 10.0 Å². The SMILES string of the molecule is Cc1cc(C(=O)Nc2ccc(S(=O)(=O)NC(C)C)cc2)sc1C. The van der Waals surface area contributed by atoms with Crippen LogP contribution in [0.15, 0.2) is 35.2 Å². The van der Waals surface area contributed by atoms with Gasteiger partial charge in [0.2, 0.25) is 10.0 Å². The third-order valence-corrected chi connectivity index (χ3v) is 6.03. The summed E-state index contributed by atoms with van der Waals surface area (Å²) in [6.07, 6.45) is 0. The molecular formula is C16H20N2O3S2. The van der Waals surface area contributed by atoms with Crippen LogP contribution in [-0.4, -0.2) is 20.4 Å². The smallest absolute Gasteiger partial charge is 0.265 e. The molecule has 5 nitrogen and oxygen atoms in total. The van der Waals surface area contributed by atoms with Crippen LogP contribution in [0.2, 0.25) is 0 Å². The van der Waals surface area contributed by atoms with Crippen molar-refractivity contribution in [3.05, 3.63) is 45.6 Å². The zero-order chi connectivity index (χ0) is 17.2. The van der Waals surface area contributed by atoms with E-state index in [0.29, 0.717) is 10.6 Å². The largest absolute Gasteiger partial charge is 0.321 e. The fourth-order valence-electron chi connectivity index (χ4n) is 1.97. The van der Waals surface area contributed by atoms with Crippen LogP contribution in [0.3, 0.4) is 0 Å². The minimum Gasteiger partial charge on any atom is -0.321 e. The van der Waals surface area contributed by atoms with Crippen molar-refractivity contribution in [1.82, 2.24) is 4.72 Å². The van der Waals surface area contributed by atoms with E-state index in [1.165, 1.54) is 23.5 Å². The monoisotopic (exact) mass is 352 g/mol. The molecule has 0 fully saturated rings. The lowest BCUT2D eigenvalue weighted by Gasteiger charge is -2.10. The minimum atomic E-state index is -3.52. The molecule has 2 N–H and O–H groups in total. The summed E-state index contributed by atoms with van der Waals surface area (Å²) >= 11 is 1.44. The molecule has 7 heteroatoms. The van der Waals surface area contributed by atoms with Gasteiger partial charge in [0.1, 0.15) is 0 Å². The molecule has 1 aromatic heterocycles. The first-order chi connectivity index (χ1) is 10.7. The number of nitrogens with one attached hydrogen (secondary N) is 2. The van der Waals surface area contributed by atoms with Crippen molar-refractivity contribution < 1.29 is 13.2 Å². The maximum Gasteiger partial charge on any atom is 0.265 e. The number of hydrogen-bond acceptors (Lipinski definition) is 4. The van der Waals surface area contributed by atoms with Gasteiger partial charge in [-0.3, -0.25) is 4.79 Å². The summed E-state index contributed by atoms with van der Waals surface area (Å²) in [6, 6.07) is 7.79. The highest BCUT2D eigenvalue weighted by molar-refractivity contribution is 7.89. The number of carbonyl (C=O) groups is 1. The highest BCUT2D eigenvalue weighted by atomic mass is 32.2. The Labute approximate surface area is 140 Å². The second kappa shape index (κ2) is 6.82. The molecule has 0 radical (unpaired) electrons. The zero-order valence-electron chi connectivity index (χ0n) is 13.5. The Morgan fingerprint density at radius 1 is 1.13 bits per heavy atom. The number of hydrogen-bond donors (Lipinski definition) is 2. The topological polar surface area (TPSA) is 75.3 Å². The molecule has 0 saturated heterocycles. The van der Waals surface area contributed by atoms with Gasteiger partial charge in [-0.1, -0.05) is 0 Å². The molecule has 2 aromatic rings. The van der Waals surface area contributed by atoms with Crippen LogP contribution in [0.25, 0.3) is 0 Å². The Morgan fingerprint density at radius 3 is 2.22 bits per heavy atom. The fraction of sp³-hybridized carbons (Fsp3) is 0.312. The van der Waals surface area contributed by atoms with E-state index in [1.54, 1.807) is 26.0 Å². The summed E-state index contributed by atoms with van der Waals surface area (Å²) < 4.78 is 26.6.